The average Bonchev–Trinajstić information content (AvgIpc) is 2.81. The van der Waals surface area contributed by atoms with Crippen molar-refractivity contribution in [2.24, 2.45) is 5.84 Å². The standard InChI is InChI=1S/C9H9ClN6O2S/c10-7-2-1-5(19-7)3-12-8-6(16(17)18)4-13-9(14-8)15-11/h1-2,4H,3,11H2,(H2,12,13,14,15). The molecule has 0 radical (unpaired) electrons. The molecule has 2 heterocycles. The molecule has 19 heavy (non-hydrogen) atoms. The zero-order valence-electron chi connectivity index (χ0n) is 9.46. The minimum Gasteiger partial charge on any atom is -0.359 e. The molecule has 4 N–H and O–H groups in total. The molecular formula is C9H9ClN6O2S. The lowest BCUT2D eigenvalue weighted by Gasteiger charge is -2.06. The van der Waals surface area contributed by atoms with Crippen LogP contribution in [0.25, 0.3) is 0 Å². The van der Waals surface area contributed by atoms with E-state index in [0.29, 0.717) is 10.9 Å². The van der Waals surface area contributed by atoms with Crippen LogP contribution in [0.4, 0.5) is 17.5 Å². The fraction of sp³-hybridized carbons (Fsp3) is 0.111. The van der Waals surface area contributed by atoms with Crippen molar-refractivity contribution in [1.82, 2.24) is 9.97 Å². The lowest BCUT2D eigenvalue weighted by molar-refractivity contribution is -0.384. The number of hydrogen-bond donors (Lipinski definition) is 3. The van der Waals surface area contributed by atoms with E-state index >= 15 is 0 Å². The van der Waals surface area contributed by atoms with E-state index in [4.69, 9.17) is 17.4 Å². The predicted octanol–water partition coefficient (Wildman–Crippen LogP) is 2.00. The van der Waals surface area contributed by atoms with Crippen LogP contribution < -0.4 is 16.6 Å². The maximum atomic E-state index is 10.9. The van der Waals surface area contributed by atoms with Gasteiger partial charge in [0, 0.05) is 4.88 Å². The summed E-state index contributed by atoms with van der Waals surface area (Å²) in [6.45, 7) is 0.374. The van der Waals surface area contributed by atoms with Crippen molar-refractivity contribution in [3.8, 4) is 0 Å². The largest absolute Gasteiger partial charge is 0.359 e. The van der Waals surface area contributed by atoms with Crippen molar-refractivity contribution >= 4 is 40.4 Å². The molecule has 2 rings (SSSR count). The molecule has 0 bridgehead atoms. The van der Waals surface area contributed by atoms with Gasteiger partial charge in [0.15, 0.2) is 0 Å². The van der Waals surface area contributed by atoms with Gasteiger partial charge in [0.2, 0.25) is 11.8 Å². The number of halogens is 1. The van der Waals surface area contributed by atoms with Crippen molar-refractivity contribution in [1.29, 1.82) is 0 Å². The molecular weight excluding hydrogens is 292 g/mol. The number of hydrogen-bond acceptors (Lipinski definition) is 8. The summed E-state index contributed by atoms with van der Waals surface area (Å²) in [6, 6.07) is 3.58. The first-order valence-corrected chi connectivity index (χ1v) is 6.25. The quantitative estimate of drug-likeness (QED) is 0.439. The lowest BCUT2D eigenvalue weighted by Crippen LogP contribution is -2.13. The number of nitrogens with two attached hydrogens (primary N) is 1. The minimum atomic E-state index is -0.565. The third-order valence-corrected chi connectivity index (χ3v) is 3.39. The Morgan fingerprint density at radius 2 is 2.32 bits per heavy atom. The van der Waals surface area contributed by atoms with Crippen molar-refractivity contribution in [2.45, 2.75) is 6.54 Å². The van der Waals surface area contributed by atoms with Crippen molar-refractivity contribution in [3.05, 3.63) is 37.7 Å². The maximum Gasteiger partial charge on any atom is 0.329 e. The number of thiophene rings is 1. The summed E-state index contributed by atoms with van der Waals surface area (Å²) >= 11 is 7.18. The van der Waals surface area contributed by atoms with Gasteiger partial charge < -0.3 is 5.32 Å². The molecule has 0 aromatic carbocycles. The Morgan fingerprint density at radius 3 is 2.89 bits per heavy atom. The van der Waals surface area contributed by atoms with Crippen LogP contribution in [0.5, 0.6) is 0 Å². The molecule has 0 saturated carbocycles. The lowest BCUT2D eigenvalue weighted by atomic mass is 10.4. The molecule has 0 amide bonds. The van der Waals surface area contributed by atoms with Gasteiger partial charge in [-0.3, -0.25) is 15.5 Å². The fourth-order valence-corrected chi connectivity index (χ4v) is 2.35. The number of nitro groups is 1. The first-order valence-electron chi connectivity index (χ1n) is 5.06. The second-order valence-corrected chi connectivity index (χ2v) is 5.19. The van der Waals surface area contributed by atoms with Gasteiger partial charge in [-0.2, -0.15) is 4.98 Å². The van der Waals surface area contributed by atoms with E-state index in [1.807, 2.05) is 6.07 Å². The number of nitrogens with one attached hydrogen (secondary N) is 2. The molecule has 0 aliphatic rings. The molecule has 0 fully saturated rings. The molecule has 0 spiro atoms. The topological polar surface area (TPSA) is 119 Å². The summed E-state index contributed by atoms with van der Waals surface area (Å²) in [5.41, 5.74) is 2.01. The molecule has 2 aromatic rings. The molecule has 2 aromatic heterocycles. The van der Waals surface area contributed by atoms with Crippen LogP contribution in [-0.2, 0) is 6.54 Å². The van der Waals surface area contributed by atoms with Crippen LogP contribution >= 0.6 is 22.9 Å². The van der Waals surface area contributed by atoms with Crippen LogP contribution in [0.1, 0.15) is 4.88 Å². The van der Waals surface area contributed by atoms with E-state index in [0.717, 1.165) is 11.1 Å². The van der Waals surface area contributed by atoms with Crippen molar-refractivity contribution < 1.29 is 4.92 Å². The summed E-state index contributed by atoms with van der Waals surface area (Å²) in [7, 11) is 0. The maximum absolute atomic E-state index is 10.9. The van der Waals surface area contributed by atoms with Gasteiger partial charge in [0.1, 0.15) is 6.20 Å². The number of nitrogen functional groups attached to an aromatic ring is 1. The van der Waals surface area contributed by atoms with Crippen molar-refractivity contribution in [3.63, 3.8) is 0 Å². The molecule has 100 valence electrons. The van der Waals surface area contributed by atoms with Gasteiger partial charge in [-0.05, 0) is 12.1 Å². The average molecular weight is 301 g/mol. The summed E-state index contributed by atoms with van der Waals surface area (Å²) < 4.78 is 0.651. The molecule has 0 saturated heterocycles. The Morgan fingerprint density at radius 1 is 1.53 bits per heavy atom. The van der Waals surface area contributed by atoms with Gasteiger partial charge in [-0.25, -0.2) is 10.8 Å². The molecule has 0 aliphatic heterocycles. The van der Waals surface area contributed by atoms with Crippen LogP contribution in [-0.4, -0.2) is 14.9 Å². The third-order valence-electron chi connectivity index (χ3n) is 2.15. The highest BCUT2D eigenvalue weighted by Gasteiger charge is 2.17. The van der Waals surface area contributed by atoms with Gasteiger partial charge in [0.25, 0.3) is 0 Å². The van der Waals surface area contributed by atoms with E-state index in [2.05, 4.69) is 20.7 Å². The number of anilines is 2. The number of rotatable bonds is 5. The van der Waals surface area contributed by atoms with Gasteiger partial charge in [-0.1, -0.05) is 11.6 Å². The summed E-state index contributed by atoms with van der Waals surface area (Å²) in [6.07, 6.45) is 1.09. The Labute approximate surface area is 116 Å². The summed E-state index contributed by atoms with van der Waals surface area (Å²) in [5, 5.41) is 13.7. The second kappa shape index (κ2) is 5.78. The zero-order valence-corrected chi connectivity index (χ0v) is 11.0. The Bertz CT molecular complexity index is 604. The molecule has 8 nitrogen and oxygen atoms in total. The van der Waals surface area contributed by atoms with E-state index in [-0.39, 0.29) is 17.5 Å². The van der Waals surface area contributed by atoms with Crippen LogP contribution in [0, 0.1) is 10.1 Å². The highest BCUT2D eigenvalue weighted by Crippen LogP contribution is 2.25. The van der Waals surface area contributed by atoms with E-state index < -0.39 is 4.92 Å². The fourth-order valence-electron chi connectivity index (χ4n) is 1.33. The van der Waals surface area contributed by atoms with E-state index in [9.17, 15) is 10.1 Å². The van der Waals surface area contributed by atoms with Crippen molar-refractivity contribution in [2.75, 3.05) is 10.7 Å². The Hall–Kier alpha value is -1.97. The van der Waals surface area contributed by atoms with E-state index in [1.165, 1.54) is 11.3 Å². The Kier molecular flexibility index (Phi) is 4.10. The third kappa shape index (κ3) is 3.28. The number of hydrazine groups is 1. The summed E-state index contributed by atoms with van der Waals surface area (Å²) in [4.78, 5) is 18.8. The SMILES string of the molecule is NNc1ncc([N+](=O)[O-])c(NCc2ccc(Cl)s2)n1. The monoisotopic (exact) mass is 300 g/mol. The zero-order chi connectivity index (χ0) is 13.8. The highest BCUT2D eigenvalue weighted by molar-refractivity contribution is 7.16. The number of nitrogens with zero attached hydrogens (tertiary/aromatic N) is 3. The first kappa shape index (κ1) is 13.5. The second-order valence-electron chi connectivity index (χ2n) is 3.39. The molecule has 0 atom stereocenters. The first-order chi connectivity index (χ1) is 9.10. The van der Waals surface area contributed by atoms with E-state index in [1.54, 1.807) is 6.07 Å². The van der Waals surface area contributed by atoms with Crippen LogP contribution in [0.2, 0.25) is 4.34 Å². The normalized spacial score (nSPS) is 10.2. The molecule has 0 aliphatic carbocycles. The van der Waals surface area contributed by atoms with Gasteiger partial charge in [0.05, 0.1) is 15.8 Å². The van der Waals surface area contributed by atoms with Gasteiger partial charge >= 0.3 is 5.69 Å². The Balaban J connectivity index is 2.19. The number of aromatic nitrogens is 2. The van der Waals surface area contributed by atoms with Gasteiger partial charge in [-0.15, -0.1) is 11.3 Å². The smallest absolute Gasteiger partial charge is 0.329 e. The summed E-state index contributed by atoms with van der Waals surface area (Å²) in [5.74, 6) is 5.36. The minimum absolute atomic E-state index is 0.0947. The van der Waals surface area contributed by atoms with Crippen LogP contribution in [0.15, 0.2) is 18.3 Å². The molecule has 0 unspecified atom stereocenters. The molecule has 10 heteroatoms. The highest BCUT2D eigenvalue weighted by atomic mass is 35.5. The predicted molar refractivity (Wildman–Crippen MR) is 73.2 cm³/mol. The van der Waals surface area contributed by atoms with Crippen LogP contribution in [0.3, 0.4) is 0 Å².